The summed E-state index contributed by atoms with van der Waals surface area (Å²) in [5.74, 6) is 0.561. The molecule has 0 bridgehead atoms. The third-order valence-corrected chi connectivity index (χ3v) is 5.67. The number of hydrogen-bond donors (Lipinski definition) is 1. The average molecular weight is 375 g/mol. The van der Waals surface area contributed by atoms with Crippen molar-refractivity contribution in [3.05, 3.63) is 35.6 Å². The number of nitrogens with zero attached hydrogens (tertiary/aromatic N) is 2. The summed E-state index contributed by atoms with van der Waals surface area (Å²) in [6.07, 6.45) is 4.92. The van der Waals surface area contributed by atoms with Gasteiger partial charge >= 0.3 is 0 Å². The van der Waals surface area contributed by atoms with Gasteiger partial charge in [0.15, 0.2) is 0 Å². The molecule has 2 heterocycles. The Morgan fingerprint density at radius 1 is 1.04 bits per heavy atom. The third kappa shape index (κ3) is 6.03. The Hall–Kier alpha value is -1.95. The Bertz CT molecular complexity index is 646. The van der Waals surface area contributed by atoms with Gasteiger partial charge in [-0.25, -0.2) is 4.39 Å². The molecule has 1 N–H and O–H groups in total. The molecule has 148 valence electrons. The van der Waals surface area contributed by atoms with Crippen molar-refractivity contribution in [3.63, 3.8) is 0 Å². The molecular weight excluding hydrogens is 345 g/mol. The SMILES string of the molecule is O=C(CCC1CCNCC1)N1CCCN(C(=O)Cc2cccc(F)c2)CC1. The molecule has 0 aliphatic carbocycles. The van der Waals surface area contributed by atoms with Crippen molar-refractivity contribution in [2.24, 2.45) is 5.92 Å². The van der Waals surface area contributed by atoms with Crippen LogP contribution in [0.5, 0.6) is 0 Å². The van der Waals surface area contributed by atoms with Gasteiger partial charge in [-0.2, -0.15) is 0 Å². The van der Waals surface area contributed by atoms with Crippen molar-refractivity contribution < 1.29 is 14.0 Å². The number of halogens is 1. The fourth-order valence-corrected chi connectivity index (χ4v) is 4.01. The molecule has 2 fully saturated rings. The molecule has 2 aliphatic heterocycles. The van der Waals surface area contributed by atoms with E-state index < -0.39 is 0 Å². The zero-order valence-corrected chi connectivity index (χ0v) is 16.0. The molecular formula is C21H30FN3O2. The Morgan fingerprint density at radius 3 is 2.44 bits per heavy atom. The summed E-state index contributed by atoms with van der Waals surface area (Å²) in [4.78, 5) is 28.8. The summed E-state index contributed by atoms with van der Waals surface area (Å²) in [7, 11) is 0. The lowest BCUT2D eigenvalue weighted by Gasteiger charge is -2.25. The largest absolute Gasteiger partial charge is 0.341 e. The van der Waals surface area contributed by atoms with Crippen LogP contribution < -0.4 is 5.32 Å². The highest BCUT2D eigenvalue weighted by atomic mass is 19.1. The number of benzene rings is 1. The minimum atomic E-state index is -0.318. The van der Waals surface area contributed by atoms with Crippen LogP contribution >= 0.6 is 0 Å². The first-order valence-corrected chi connectivity index (χ1v) is 10.1. The number of carbonyl (C=O) groups is 2. The van der Waals surface area contributed by atoms with Crippen molar-refractivity contribution in [2.45, 2.75) is 38.5 Å². The van der Waals surface area contributed by atoms with E-state index in [1.807, 2.05) is 9.80 Å². The van der Waals surface area contributed by atoms with Gasteiger partial charge in [-0.1, -0.05) is 12.1 Å². The van der Waals surface area contributed by atoms with E-state index in [4.69, 9.17) is 0 Å². The number of nitrogens with one attached hydrogen (secondary N) is 1. The molecule has 1 aromatic rings. The Kier molecular flexibility index (Phi) is 7.21. The summed E-state index contributed by atoms with van der Waals surface area (Å²) < 4.78 is 13.3. The summed E-state index contributed by atoms with van der Waals surface area (Å²) in [5, 5.41) is 3.36. The van der Waals surface area contributed by atoms with Gasteiger partial charge in [0.2, 0.25) is 11.8 Å². The highest BCUT2D eigenvalue weighted by Gasteiger charge is 2.23. The van der Waals surface area contributed by atoms with Crippen molar-refractivity contribution in [1.82, 2.24) is 15.1 Å². The topological polar surface area (TPSA) is 52.7 Å². The van der Waals surface area contributed by atoms with Crippen LogP contribution in [0.1, 0.15) is 37.7 Å². The van der Waals surface area contributed by atoms with Crippen LogP contribution in [0.4, 0.5) is 4.39 Å². The number of carbonyl (C=O) groups excluding carboxylic acids is 2. The lowest BCUT2D eigenvalue weighted by molar-refractivity contribution is -0.133. The van der Waals surface area contributed by atoms with Gasteiger partial charge in [-0.05, 0) is 62.4 Å². The maximum absolute atomic E-state index is 13.3. The van der Waals surface area contributed by atoms with Gasteiger partial charge in [0.05, 0.1) is 6.42 Å². The fourth-order valence-electron chi connectivity index (χ4n) is 4.01. The molecule has 2 aliphatic rings. The van der Waals surface area contributed by atoms with E-state index in [0.29, 0.717) is 37.5 Å². The number of rotatable bonds is 5. The first kappa shape index (κ1) is 19.8. The molecule has 2 amide bonds. The summed E-state index contributed by atoms with van der Waals surface area (Å²) >= 11 is 0. The van der Waals surface area contributed by atoms with Crippen LogP contribution in [0, 0.1) is 11.7 Å². The maximum atomic E-state index is 13.3. The molecule has 0 radical (unpaired) electrons. The van der Waals surface area contributed by atoms with Gasteiger partial charge in [-0.3, -0.25) is 9.59 Å². The number of amides is 2. The first-order valence-electron chi connectivity index (χ1n) is 10.1. The quantitative estimate of drug-likeness (QED) is 0.859. The average Bonchev–Trinajstić information content (AvgIpc) is 2.93. The summed E-state index contributed by atoms with van der Waals surface area (Å²) in [5.41, 5.74) is 0.694. The molecule has 27 heavy (non-hydrogen) atoms. The van der Waals surface area contributed by atoms with Crippen LogP contribution in [0.3, 0.4) is 0 Å². The van der Waals surface area contributed by atoms with E-state index in [9.17, 15) is 14.0 Å². The summed E-state index contributed by atoms with van der Waals surface area (Å²) in [6.45, 7) is 4.66. The van der Waals surface area contributed by atoms with E-state index in [1.165, 1.54) is 12.1 Å². The van der Waals surface area contributed by atoms with Gasteiger partial charge in [0, 0.05) is 32.6 Å². The van der Waals surface area contributed by atoms with E-state index >= 15 is 0 Å². The molecule has 5 nitrogen and oxygen atoms in total. The smallest absolute Gasteiger partial charge is 0.227 e. The lowest BCUT2D eigenvalue weighted by Crippen LogP contribution is -2.38. The Labute approximate surface area is 160 Å². The third-order valence-electron chi connectivity index (χ3n) is 5.67. The second kappa shape index (κ2) is 9.83. The summed E-state index contributed by atoms with van der Waals surface area (Å²) in [6, 6.07) is 6.19. The number of hydrogen-bond acceptors (Lipinski definition) is 3. The van der Waals surface area contributed by atoms with E-state index in [0.717, 1.165) is 45.3 Å². The Balaban J connectivity index is 1.44. The number of piperidine rings is 1. The van der Waals surface area contributed by atoms with Crippen LogP contribution in [0.2, 0.25) is 0 Å². The molecule has 6 heteroatoms. The molecule has 0 saturated carbocycles. The standard InChI is InChI=1S/C21H30FN3O2/c22-19-4-1-3-18(15-19)16-21(27)25-12-2-11-24(13-14-25)20(26)6-5-17-7-9-23-10-8-17/h1,3-4,15,17,23H,2,5-14,16H2. The van der Waals surface area contributed by atoms with E-state index in [2.05, 4.69) is 5.32 Å². The van der Waals surface area contributed by atoms with Crippen LogP contribution in [0.25, 0.3) is 0 Å². The predicted octanol–water partition coefficient (Wildman–Crippen LogP) is 2.21. The van der Waals surface area contributed by atoms with Crippen LogP contribution in [0.15, 0.2) is 24.3 Å². The van der Waals surface area contributed by atoms with Crippen LogP contribution in [-0.4, -0.2) is 60.9 Å². The first-order chi connectivity index (χ1) is 13.1. The van der Waals surface area contributed by atoms with Crippen molar-refractivity contribution in [2.75, 3.05) is 39.3 Å². The van der Waals surface area contributed by atoms with E-state index in [-0.39, 0.29) is 24.1 Å². The molecule has 0 atom stereocenters. The Morgan fingerprint density at radius 2 is 1.74 bits per heavy atom. The predicted molar refractivity (Wildman–Crippen MR) is 103 cm³/mol. The van der Waals surface area contributed by atoms with Gasteiger partial charge in [0.1, 0.15) is 5.82 Å². The molecule has 0 spiro atoms. The maximum Gasteiger partial charge on any atom is 0.227 e. The normalized spacial score (nSPS) is 19.0. The molecule has 2 saturated heterocycles. The van der Waals surface area contributed by atoms with Crippen molar-refractivity contribution >= 4 is 11.8 Å². The molecule has 0 unspecified atom stereocenters. The lowest BCUT2D eigenvalue weighted by atomic mass is 9.93. The monoisotopic (exact) mass is 375 g/mol. The second-order valence-corrected chi connectivity index (χ2v) is 7.65. The van der Waals surface area contributed by atoms with Crippen molar-refractivity contribution in [1.29, 1.82) is 0 Å². The van der Waals surface area contributed by atoms with Gasteiger partial charge < -0.3 is 15.1 Å². The molecule has 0 aromatic heterocycles. The highest BCUT2D eigenvalue weighted by molar-refractivity contribution is 5.79. The fraction of sp³-hybridized carbons (Fsp3) is 0.619. The van der Waals surface area contributed by atoms with Gasteiger partial charge in [0.25, 0.3) is 0 Å². The van der Waals surface area contributed by atoms with Crippen LogP contribution in [-0.2, 0) is 16.0 Å². The van der Waals surface area contributed by atoms with E-state index in [1.54, 1.807) is 12.1 Å². The zero-order valence-electron chi connectivity index (χ0n) is 16.0. The molecule has 3 rings (SSSR count). The zero-order chi connectivity index (χ0) is 19.1. The highest BCUT2D eigenvalue weighted by Crippen LogP contribution is 2.19. The second-order valence-electron chi connectivity index (χ2n) is 7.65. The minimum absolute atomic E-state index is 0.00426. The van der Waals surface area contributed by atoms with Gasteiger partial charge in [-0.15, -0.1) is 0 Å². The molecule has 1 aromatic carbocycles. The minimum Gasteiger partial charge on any atom is -0.341 e. The van der Waals surface area contributed by atoms with Crippen molar-refractivity contribution in [3.8, 4) is 0 Å².